The molecule has 0 spiro atoms. The van der Waals surface area contributed by atoms with Crippen molar-refractivity contribution in [2.45, 2.75) is 31.7 Å². The monoisotopic (exact) mass is 288 g/mol. The number of halogens is 1. The van der Waals surface area contributed by atoms with E-state index in [0.29, 0.717) is 11.1 Å². The van der Waals surface area contributed by atoms with Crippen molar-refractivity contribution in [3.63, 3.8) is 0 Å². The fourth-order valence-corrected chi connectivity index (χ4v) is 2.35. The molecule has 1 rings (SSSR count). The first-order valence-electron chi connectivity index (χ1n) is 5.84. The van der Waals surface area contributed by atoms with Crippen molar-refractivity contribution in [1.82, 2.24) is 0 Å². The highest BCUT2D eigenvalue weighted by molar-refractivity contribution is 7.71. The van der Waals surface area contributed by atoms with Crippen LogP contribution >= 0.6 is 0 Å². The zero-order valence-electron chi connectivity index (χ0n) is 11.1. The molecule has 0 amide bonds. The fraction of sp³-hybridized carbons (Fsp3) is 0.462. The molecule has 0 aliphatic carbocycles. The van der Waals surface area contributed by atoms with Crippen LogP contribution < -0.4 is 0 Å². The number of ether oxygens (including phenoxy) is 1. The standard InChI is InChI=1S/C13H17FO4S/c1-4-13(2,14)11-6-5-9(12(15)18-3)7-10(11)8-19(16)17/h5-7,19H,4,8H2,1-3H3. The molecular weight excluding hydrogens is 271 g/mol. The zero-order valence-corrected chi connectivity index (χ0v) is 12.0. The molecule has 0 aliphatic rings. The fourth-order valence-electron chi connectivity index (χ4n) is 1.81. The van der Waals surface area contributed by atoms with Crippen molar-refractivity contribution in [3.05, 3.63) is 34.9 Å². The number of alkyl halides is 1. The predicted molar refractivity (Wildman–Crippen MR) is 70.6 cm³/mol. The third kappa shape index (κ3) is 3.76. The summed E-state index contributed by atoms with van der Waals surface area (Å²) in [7, 11) is -1.47. The molecule has 1 unspecified atom stereocenters. The Bertz CT molecular complexity index is 542. The highest BCUT2D eigenvalue weighted by Gasteiger charge is 2.27. The summed E-state index contributed by atoms with van der Waals surface area (Å²) >= 11 is 0. The van der Waals surface area contributed by atoms with Crippen LogP contribution in [0.2, 0.25) is 0 Å². The van der Waals surface area contributed by atoms with Crippen LogP contribution in [0, 0.1) is 0 Å². The molecule has 0 bridgehead atoms. The van der Waals surface area contributed by atoms with Gasteiger partial charge in [-0.1, -0.05) is 13.0 Å². The number of rotatable bonds is 5. The van der Waals surface area contributed by atoms with Gasteiger partial charge in [0.1, 0.15) is 16.4 Å². The van der Waals surface area contributed by atoms with Gasteiger partial charge in [-0.25, -0.2) is 17.6 Å². The van der Waals surface area contributed by atoms with Gasteiger partial charge in [-0.05, 0) is 36.6 Å². The van der Waals surface area contributed by atoms with Gasteiger partial charge in [0, 0.05) is 0 Å². The average molecular weight is 288 g/mol. The summed E-state index contributed by atoms with van der Waals surface area (Å²) in [6.45, 7) is 3.07. The zero-order chi connectivity index (χ0) is 14.6. The van der Waals surface area contributed by atoms with Crippen LogP contribution in [0.1, 0.15) is 41.8 Å². The molecule has 1 aromatic carbocycles. The van der Waals surface area contributed by atoms with Gasteiger partial charge in [-0.3, -0.25) is 0 Å². The van der Waals surface area contributed by atoms with Gasteiger partial charge < -0.3 is 4.74 Å². The van der Waals surface area contributed by atoms with Crippen molar-refractivity contribution in [2.24, 2.45) is 0 Å². The SMILES string of the molecule is CCC(C)(F)c1ccc(C(=O)OC)cc1C[SH](=O)=O. The third-order valence-electron chi connectivity index (χ3n) is 3.05. The maximum Gasteiger partial charge on any atom is 0.337 e. The Morgan fingerprint density at radius 3 is 2.53 bits per heavy atom. The van der Waals surface area contributed by atoms with Gasteiger partial charge in [0.25, 0.3) is 0 Å². The van der Waals surface area contributed by atoms with E-state index in [0.717, 1.165) is 0 Å². The largest absolute Gasteiger partial charge is 0.465 e. The minimum absolute atomic E-state index is 0.213. The lowest BCUT2D eigenvalue weighted by Crippen LogP contribution is -2.17. The molecule has 0 radical (unpaired) electrons. The van der Waals surface area contributed by atoms with Crippen molar-refractivity contribution in [1.29, 1.82) is 0 Å². The predicted octanol–water partition coefficient (Wildman–Crippen LogP) is 2.18. The van der Waals surface area contributed by atoms with E-state index in [2.05, 4.69) is 4.74 Å². The first-order valence-corrected chi connectivity index (χ1v) is 7.20. The summed E-state index contributed by atoms with van der Waals surface area (Å²) in [5.74, 6) is -0.874. The first-order chi connectivity index (χ1) is 8.81. The quantitative estimate of drug-likeness (QED) is 0.666. The third-order valence-corrected chi connectivity index (χ3v) is 3.65. The van der Waals surface area contributed by atoms with Crippen molar-refractivity contribution >= 4 is 16.7 Å². The first kappa shape index (κ1) is 15.6. The van der Waals surface area contributed by atoms with E-state index in [9.17, 15) is 17.6 Å². The van der Waals surface area contributed by atoms with E-state index in [1.807, 2.05) is 0 Å². The molecule has 0 N–H and O–H groups in total. The average Bonchev–Trinajstić information content (AvgIpc) is 2.36. The molecule has 0 aromatic heterocycles. The van der Waals surface area contributed by atoms with Gasteiger partial charge in [0.05, 0.1) is 18.4 Å². The van der Waals surface area contributed by atoms with Crippen LogP contribution in [0.15, 0.2) is 18.2 Å². The van der Waals surface area contributed by atoms with Crippen LogP contribution in [-0.2, 0) is 26.9 Å². The molecule has 1 atom stereocenters. The minimum Gasteiger partial charge on any atom is -0.465 e. The van der Waals surface area contributed by atoms with E-state index >= 15 is 0 Å². The second kappa shape index (κ2) is 6.14. The van der Waals surface area contributed by atoms with E-state index in [1.54, 1.807) is 6.92 Å². The summed E-state index contributed by atoms with van der Waals surface area (Å²) in [5, 5.41) is 0. The Kier molecular flexibility index (Phi) is 5.05. The molecule has 0 saturated heterocycles. The highest BCUT2D eigenvalue weighted by atomic mass is 32.2. The molecule has 19 heavy (non-hydrogen) atoms. The van der Waals surface area contributed by atoms with E-state index in [1.165, 1.54) is 32.2 Å². The van der Waals surface area contributed by atoms with E-state index in [4.69, 9.17) is 0 Å². The number of benzene rings is 1. The highest BCUT2D eigenvalue weighted by Crippen LogP contribution is 2.32. The Labute approximate surface area is 113 Å². The van der Waals surface area contributed by atoms with Crippen molar-refractivity contribution < 1.29 is 22.3 Å². The number of thiol groups is 1. The summed E-state index contributed by atoms with van der Waals surface area (Å²) in [6, 6.07) is 4.26. The number of carbonyl (C=O) groups is 1. The van der Waals surface area contributed by atoms with Gasteiger partial charge in [0.15, 0.2) is 0 Å². The van der Waals surface area contributed by atoms with Crippen LogP contribution in [0.25, 0.3) is 0 Å². The lowest BCUT2D eigenvalue weighted by Gasteiger charge is -2.22. The Morgan fingerprint density at radius 2 is 2.05 bits per heavy atom. The van der Waals surface area contributed by atoms with Crippen LogP contribution in [0.3, 0.4) is 0 Å². The molecule has 0 aliphatic heterocycles. The second-order valence-electron chi connectivity index (χ2n) is 4.41. The van der Waals surface area contributed by atoms with E-state index in [-0.39, 0.29) is 17.7 Å². The van der Waals surface area contributed by atoms with Crippen molar-refractivity contribution in [2.75, 3.05) is 7.11 Å². The number of methoxy groups -OCH3 is 1. The molecule has 0 heterocycles. The maximum atomic E-state index is 14.4. The smallest absolute Gasteiger partial charge is 0.337 e. The molecule has 6 heteroatoms. The van der Waals surface area contributed by atoms with Crippen molar-refractivity contribution in [3.8, 4) is 0 Å². The van der Waals surface area contributed by atoms with E-state index < -0.39 is 22.3 Å². The molecular formula is C13H17FO4S. The molecule has 0 saturated carbocycles. The lowest BCUT2D eigenvalue weighted by molar-refractivity contribution is 0.0600. The normalized spacial score (nSPS) is 14.2. The maximum absolute atomic E-state index is 14.4. The Morgan fingerprint density at radius 1 is 1.42 bits per heavy atom. The number of hydrogen-bond acceptors (Lipinski definition) is 4. The summed E-state index contributed by atoms with van der Waals surface area (Å²) < 4.78 is 40.7. The summed E-state index contributed by atoms with van der Waals surface area (Å²) in [6.07, 6.45) is 0.215. The summed E-state index contributed by atoms with van der Waals surface area (Å²) in [4.78, 5) is 11.4. The van der Waals surface area contributed by atoms with Gasteiger partial charge in [0.2, 0.25) is 0 Å². The molecule has 1 aromatic rings. The number of hydrogen-bond donors (Lipinski definition) is 1. The number of carbonyl (C=O) groups excluding carboxylic acids is 1. The van der Waals surface area contributed by atoms with Crippen LogP contribution in [0.4, 0.5) is 4.39 Å². The summed E-state index contributed by atoms with van der Waals surface area (Å²) in [5.41, 5.74) is -0.826. The lowest BCUT2D eigenvalue weighted by atomic mass is 9.90. The van der Waals surface area contributed by atoms with Gasteiger partial charge >= 0.3 is 5.97 Å². The Hall–Kier alpha value is -1.43. The second-order valence-corrected chi connectivity index (χ2v) is 5.39. The molecule has 106 valence electrons. The minimum atomic E-state index is -2.70. The Balaban J connectivity index is 3.36. The number of esters is 1. The molecule has 0 fully saturated rings. The van der Waals surface area contributed by atoms with Gasteiger partial charge in [-0.15, -0.1) is 0 Å². The van der Waals surface area contributed by atoms with Gasteiger partial charge in [-0.2, -0.15) is 0 Å². The molecule has 4 nitrogen and oxygen atoms in total. The van der Waals surface area contributed by atoms with Crippen LogP contribution in [0.5, 0.6) is 0 Å². The van der Waals surface area contributed by atoms with Crippen LogP contribution in [-0.4, -0.2) is 21.5 Å². The topological polar surface area (TPSA) is 60.4 Å².